The number of methoxy groups -OCH3 is 2. The first-order chi connectivity index (χ1) is 19.0. The third-order valence-corrected chi connectivity index (χ3v) is 4.95. The van der Waals surface area contributed by atoms with Gasteiger partial charge in [0.2, 0.25) is 23.7 Å². The molecule has 4 aromatic rings. The summed E-state index contributed by atoms with van der Waals surface area (Å²) in [6, 6.07) is 16.0. The van der Waals surface area contributed by atoms with Gasteiger partial charge in [0.25, 0.3) is 0 Å². The van der Waals surface area contributed by atoms with Gasteiger partial charge in [0.05, 0.1) is 14.2 Å². The number of hydrogen-bond acceptors (Lipinski definition) is 8. The molecule has 0 bridgehead atoms. The fraction of sp³-hybridized carbons (Fsp3) is 0.148. The summed E-state index contributed by atoms with van der Waals surface area (Å²) >= 11 is 0. The van der Waals surface area contributed by atoms with Gasteiger partial charge in [-0.15, -0.1) is 0 Å². The van der Waals surface area contributed by atoms with Crippen LogP contribution < -0.4 is 18.9 Å². The van der Waals surface area contributed by atoms with Crippen molar-refractivity contribution in [2.24, 2.45) is 0 Å². The van der Waals surface area contributed by atoms with Crippen LogP contribution in [0.4, 0.5) is 22.0 Å². The molecule has 0 fully saturated rings. The fourth-order valence-electron chi connectivity index (χ4n) is 3.09. The zero-order chi connectivity index (χ0) is 29.3. The van der Waals surface area contributed by atoms with Crippen LogP contribution in [0.25, 0.3) is 0 Å². The largest absolute Gasteiger partial charge is 0.493 e. The average Bonchev–Trinajstić information content (AvgIpc) is 2.93. The van der Waals surface area contributed by atoms with Crippen LogP contribution in [-0.4, -0.2) is 41.8 Å². The van der Waals surface area contributed by atoms with Crippen molar-refractivity contribution in [3.05, 3.63) is 95.8 Å². The van der Waals surface area contributed by atoms with E-state index in [9.17, 15) is 31.9 Å². The Hall–Kier alpha value is -4.78. The minimum atomic E-state index is -4.79. The molecule has 4 rings (SSSR count). The third kappa shape index (κ3) is 8.11. The molecule has 13 heteroatoms. The molecule has 0 aliphatic carbocycles. The van der Waals surface area contributed by atoms with E-state index in [1.54, 1.807) is 12.1 Å². The second-order valence-electron chi connectivity index (χ2n) is 7.68. The molecule has 210 valence electrons. The Labute approximate surface area is 224 Å². The van der Waals surface area contributed by atoms with Crippen molar-refractivity contribution >= 4 is 6.29 Å². The van der Waals surface area contributed by atoms with Crippen LogP contribution in [0.15, 0.2) is 72.8 Å². The van der Waals surface area contributed by atoms with Crippen LogP contribution >= 0.6 is 0 Å². The van der Waals surface area contributed by atoms with Crippen molar-refractivity contribution in [1.29, 1.82) is 0 Å². The summed E-state index contributed by atoms with van der Waals surface area (Å²) in [6.45, 7) is 0. The number of nitrogens with zero attached hydrogens (tertiary/aromatic N) is 2. The zero-order valence-corrected chi connectivity index (χ0v) is 20.9. The van der Waals surface area contributed by atoms with Gasteiger partial charge in [-0.3, -0.25) is 4.79 Å². The van der Waals surface area contributed by atoms with Crippen LogP contribution in [0, 0.1) is 11.9 Å². The molecule has 1 N–H and O–H groups in total. The Morgan fingerprint density at radius 1 is 0.750 bits per heavy atom. The van der Waals surface area contributed by atoms with Crippen LogP contribution in [-0.2, 0) is 0 Å². The minimum absolute atomic E-state index is 0.0405. The summed E-state index contributed by atoms with van der Waals surface area (Å²) in [5.41, 5.74) is 0.0651. The van der Waals surface area contributed by atoms with Crippen LogP contribution in [0.1, 0.15) is 22.0 Å². The number of aldehydes is 1. The Morgan fingerprint density at radius 3 is 1.70 bits per heavy atom. The molecular weight excluding hydrogens is 543 g/mol. The predicted molar refractivity (Wildman–Crippen MR) is 131 cm³/mol. The number of halogens is 5. The Bertz CT molecular complexity index is 1450. The topological polar surface area (TPSA) is 100 Å². The summed E-state index contributed by atoms with van der Waals surface area (Å²) < 4.78 is 84.0. The van der Waals surface area contributed by atoms with Crippen molar-refractivity contribution < 1.29 is 50.8 Å². The van der Waals surface area contributed by atoms with E-state index in [0.717, 1.165) is 18.2 Å². The van der Waals surface area contributed by atoms with Gasteiger partial charge in [-0.05, 0) is 48.0 Å². The zero-order valence-electron chi connectivity index (χ0n) is 20.9. The first-order valence-electron chi connectivity index (χ1n) is 11.2. The molecule has 0 saturated heterocycles. The van der Waals surface area contributed by atoms with E-state index < -0.39 is 29.7 Å². The van der Waals surface area contributed by atoms with Crippen molar-refractivity contribution in [2.45, 2.75) is 12.3 Å². The number of rotatable bonds is 8. The standard InChI is InChI=1S/C14H11F4NO3.C13H10FNO3/c1-21-10-7-8(13(20)14(16,17)18)5-6-9(10)22-12-4-2-3-11(15)19-12;1-17-11-7-9(8-16)5-6-10(11)18-13-4-2-3-12(14)15-13/h2-7,13,20H,1H3;2-8H,1H3. The summed E-state index contributed by atoms with van der Waals surface area (Å²) in [5.74, 6) is -0.622. The number of pyridine rings is 2. The maximum absolute atomic E-state index is 13.0. The Morgan fingerprint density at radius 2 is 1.25 bits per heavy atom. The number of aromatic nitrogens is 2. The van der Waals surface area contributed by atoms with Gasteiger partial charge in [-0.2, -0.15) is 31.9 Å². The molecule has 0 radical (unpaired) electrons. The second kappa shape index (κ2) is 13.3. The summed E-state index contributed by atoms with van der Waals surface area (Å²) in [6.07, 6.45) is -6.73. The van der Waals surface area contributed by atoms with E-state index in [2.05, 4.69) is 9.97 Å². The van der Waals surface area contributed by atoms with Gasteiger partial charge < -0.3 is 24.1 Å². The number of aliphatic hydroxyl groups excluding tert-OH is 1. The lowest BCUT2D eigenvalue weighted by atomic mass is 10.1. The highest BCUT2D eigenvalue weighted by Crippen LogP contribution is 2.38. The van der Waals surface area contributed by atoms with Crippen molar-refractivity contribution in [3.8, 4) is 34.8 Å². The molecule has 40 heavy (non-hydrogen) atoms. The number of alkyl halides is 3. The van der Waals surface area contributed by atoms with E-state index >= 15 is 0 Å². The summed E-state index contributed by atoms with van der Waals surface area (Å²) in [5, 5.41) is 9.21. The highest BCUT2D eigenvalue weighted by Gasteiger charge is 2.39. The van der Waals surface area contributed by atoms with Crippen LogP contribution in [0.3, 0.4) is 0 Å². The van der Waals surface area contributed by atoms with Crippen molar-refractivity contribution in [1.82, 2.24) is 9.97 Å². The summed E-state index contributed by atoms with van der Waals surface area (Å²) in [4.78, 5) is 17.7. The van der Waals surface area contributed by atoms with E-state index in [1.807, 2.05) is 0 Å². The summed E-state index contributed by atoms with van der Waals surface area (Å²) in [7, 11) is 2.68. The highest BCUT2D eigenvalue weighted by molar-refractivity contribution is 5.76. The van der Waals surface area contributed by atoms with Gasteiger partial charge in [0.1, 0.15) is 6.29 Å². The molecule has 1 unspecified atom stereocenters. The molecule has 0 saturated carbocycles. The monoisotopic (exact) mass is 564 g/mol. The molecule has 2 aromatic carbocycles. The predicted octanol–water partition coefficient (Wildman–Crippen LogP) is 6.45. The molecule has 0 spiro atoms. The van der Waals surface area contributed by atoms with E-state index in [0.29, 0.717) is 23.3 Å². The van der Waals surface area contributed by atoms with Gasteiger partial charge >= 0.3 is 6.18 Å². The molecule has 8 nitrogen and oxygen atoms in total. The molecular formula is C27H21F5N2O6. The van der Waals surface area contributed by atoms with Crippen molar-refractivity contribution in [2.75, 3.05) is 14.2 Å². The van der Waals surface area contributed by atoms with Gasteiger partial charge in [0.15, 0.2) is 29.1 Å². The quantitative estimate of drug-likeness (QED) is 0.148. The Balaban J connectivity index is 0.000000225. The highest BCUT2D eigenvalue weighted by atomic mass is 19.4. The van der Waals surface area contributed by atoms with Gasteiger partial charge in [0, 0.05) is 17.7 Å². The lowest BCUT2D eigenvalue weighted by molar-refractivity contribution is -0.206. The smallest absolute Gasteiger partial charge is 0.418 e. The SMILES string of the molecule is COc1cc(C(O)C(F)(F)F)ccc1Oc1cccc(F)n1.COc1cc(C=O)ccc1Oc1cccc(F)n1. The molecule has 1 atom stereocenters. The number of hydrogen-bond donors (Lipinski definition) is 1. The second-order valence-corrected chi connectivity index (χ2v) is 7.68. The molecule has 2 heterocycles. The normalized spacial score (nSPS) is 11.5. The number of benzene rings is 2. The molecule has 2 aromatic heterocycles. The lowest BCUT2D eigenvalue weighted by Gasteiger charge is -2.17. The van der Waals surface area contributed by atoms with Crippen LogP contribution in [0.5, 0.6) is 34.8 Å². The first-order valence-corrected chi connectivity index (χ1v) is 11.2. The maximum atomic E-state index is 13.0. The van der Waals surface area contributed by atoms with E-state index in [1.165, 1.54) is 56.7 Å². The van der Waals surface area contributed by atoms with Crippen molar-refractivity contribution in [3.63, 3.8) is 0 Å². The maximum Gasteiger partial charge on any atom is 0.418 e. The van der Waals surface area contributed by atoms with Gasteiger partial charge in [-0.1, -0.05) is 18.2 Å². The lowest BCUT2D eigenvalue weighted by Crippen LogP contribution is -2.20. The number of ether oxygens (including phenoxy) is 4. The molecule has 0 aliphatic rings. The number of carbonyl (C=O) groups excluding carboxylic acids is 1. The van der Waals surface area contributed by atoms with E-state index in [4.69, 9.17) is 18.9 Å². The molecule has 0 aliphatic heterocycles. The number of carbonyl (C=O) groups is 1. The van der Waals surface area contributed by atoms with Crippen LogP contribution in [0.2, 0.25) is 0 Å². The van der Waals surface area contributed by atoms with E-state index in [-0.39, 0.29) is 23.3 Å². The van der Waals surface area contributed by atoms with Gasteiger partial charge in [-0.25, -0.2) is 0 Å². The molecule has 0 amide bonds. The minimum Gasteiger partial charge on any atom is -0.493 e. The Kier molecular flexibility index (Phi) is 9.92. The third-order valence-electron chi connectivity index (χ3n) is 4.95. The first kappa shape index (κ1) is 29.8. The fourth-order valence-corrected chi connectivity index (χ4v) is 3.09. The average molecular weight is 564 g/mol. The number of aliphatic hydroxyl groups is 1.